The summed E-state index contributed by atoms with van der Waals surface area (Å²) in [5.41, 5.74) is 1.32. The molecule has 178 valence electrons. The fourth-order valence-corrected chi connectivity index (χ4v) is 6.39. The van der Waals surface area contributed by atoms with Crippen molar-refractivity contribution >= 4 is 64.6 Å². The Kier molecular flexibility index (Phi) is 4.27. The van der Waals surface area contributed by atoms with Crippen LogP contribution in [0.3, 0.4) is 0 Å². The molecule has 8 aromatic rings. The van der Waals surface area contributed by atoms with Crippen molar-refractivity contribution in [2.45, 2.75) is 0 Å². The van der Waals surface area contributed by atoms with Crippen LogP contribution in [-0.4, -0.2) is 10.2 Å². The lowest BCUT2D eigenvalue weighted by Crippen LogP contribution is -1.92. The normalized spacial score (nSPS) is 11.9. The molecule has 0 saturated carbocycles. The minimum atomic E-state index is 0.190. The molecular formula is C36H22O2. The van der Waals surface area contributed by atoms with Crippen molar-refractivity contribution in [3.05, 3.63) is 121 Å². The number of phenols is 2. The Balaban J connectivity index is 1.68. The van der Waals surface area contributed by atoms with Gasteiger partial charge in [-0.25, -0.2) is 0 Å². The summed E-state index contributed by atoms with van der Waals surface area (Å²) in [5, 5.41) is 35.9. The molecule has 8 aromatic carbocycles. The number of benzene rings is 8. The van der Waals surface area contributed by atoms with Gasteiger partial charge in [-0.2, -0.15) is 0 Å². The molecule has 2 heteroatoms. The number of aromatic hydroxyl groups is 2. The monoisotopic (exact) mass is 486 g/mol. The van der Waals surface area contributed by atoms with Gasteiger partial charge in [-0.15, -0.1) is 0 Å². The van der Waals surface area contributed by atoms with E-state index in [1.165, 1.54) is 0 Å². The number of fused-ring (bicyclic) bond motifs is 10. The Morgan fingerprint density at radius 2 is 0.632 bits per heavy atom. The van der Waals surface area contributed by atoms with Gasteiger partial charge in [0.25, 0.3) is 0 Å². The Morgan fingerprint density at radius 3 is 1.05 bits per heavy atom. The molecule has 0 bridgehead atoms. The minimum absolute atomic E-state index is 0.190. The lowest BCUT2D eigenvalue weighted by atomic mass is 9.85. The van der Waals surface area contributed by atoms with E-state index in [0.29, 0.717) is 11.1 Å². The molecule has 0 saturated heterocycles. The zero-order valence-electron chi connectivity index (χ0n) is 20.4. The molecular weight excluding hydrogens is 464 g/mol. The first-order valence-electron chi connectivity index (χ1n) is 12.8. The van der Waals surface area contributed by atoms with Crippen LogP contribution in [0.25, 0.3) is 75.8 Å². The molecule has 2 N–H and O–H groups in total. The van der Waals surface area contributed by atoms with E-state index < -0.39 is 0 Å². The zero-order chi connectivity index (χ0) is 25.4. The van der Waals surface area contributed by atoms with Crippen LogP contribution >= 0.6 is 0 Å². The van der Waals surface area contributed by atoms with E-state index >= 15 is 0 Å². The smallest absolute Gasteiger partial charge is 0.132 e. The Hall–Kier alpha value is -5.08. The molecule has 0 aliphatic heterocycles. The Labute approximate surface area is 218 Å². The van der Waals surface area contributed by atoms with E-state index in [9.17, 15) is 10.2 Å². The van der Waals surface area contributed by atoms with Gasteiger partial charge in [0.2, 0.25) is 0 Å². The van der Waals surface area contributed by atoms with Gasteiger partial charge in [0, 0.05) is 21.9 Å². The van der Waals surface area contributed by atoms with E-state index in [-0.39, 0.29) is 11.5 Å². The first-order chi connectivity index (χ1) is 18.7. The predicted octanol–water partition coefficient (Wildman–Crippen LogP) is 9.68. The van der Waals surface area contributed by atoms with Crippen molar-refractivity contribution in [2.24, 2.45) is 0 Å². The maximum absolute atomic E-state index is 12.2. The number of hydrogen-bond acceptors (Lipinski definition) is 2. The van der Waals surface area contributed by atoms with Crippen molar-refractivity contribution < 1.29 is 10.2 Å². The standard InChI is InChI=1S/C36H22O2/c37-35-31-23-11-3-1-9-21(23)17-19-29(31)25-13-5-7-15-27(25)33(35)34-28-16-8-6-14-26(28)30-20-18-22-10-2-4-12-24(22)32(30)36(34)38/h1-20,37-38H. The first-order valence-corrected chi connectivity index (χ1v) is 12.8. The largest absolute Gasteiger partial charge is 0.507 e. The molecule has 0 aromatic heterocycles. The third-order valence-corrected chi connectivity index (χ3v) is 8.03. The molecule has 0 heterocycles. The van der Waals surface area contributed by atoms with Crippen molar-refractivity contribution in [1.82, 2.24) is 0 Å². The lowest BCUT2D eigenvalue weighted by Gasteiger charge is -2.20. The quantitative estimate of drug-likeness (QED) is 0.227. The second-order valence-corrected chi connectivity index (χ2v) is 9.96. The van der Waals surface area contributed by atoms with Gasteiger partial charge in [0.05, 0.1) is 0 Å². The van der Waals surface area contributed by atoms with Gasteiger partial charge in [0.15, 0.2) is 0 Å². The molecule has 0 aliphatic carbocycles. The summed E-state index contributed by atoms with van der Waals surface area (Å²) in [6.45, 7) is 0. The van der Waals surface area contributed by atoms with Crippen molar-refractivity contribution in [1.29, 1.82) is 0 Å². The average molecular weight is 487 g/mol. The minimum Gasteiger partial charge on any atom is -0.507 e. The van der Waals surface area contributed by atoms with Crippen LogP contribution in [-0.2, 0) is 0 Å². The number of rotatable bonds is 1. The Bertz CT molecular complexity index is 2100. The van der Waals surface area contributed by atoms with Crippen molar-refractivity contribution in [3.8, 4) is 22.6 Å². The molecule has 0 spiro atoms. The second-order valence-electron chi connectivity index (χ2n) is 9.96. The molecule has 0 amide bonds. The molecule has 0 aliphatic rings. The maximum atomic E-state index is 12.2. The van der Waals surface area contributed by atoms with Crippen LogP contribution in [0, 0.1) is 0 Å². The van der Waals surface area contributed by atoms with Crippen LogP contribution in [0.4, 0.5) is 0 Å². The van der Waals surface area contributed by atoms with Crippen LogP contribution in [0.5, 0.6) is 11.5 Å². The zero-order valence-corrected chi connectivity index (χ0v) is 20.4. The van der Waals surface area contributed by atoms with Crippen LogP contribution in [0.1, 0.15) is 0 Å². The average Bonchev–Trinajstić information content (AvgIpc) is 2.98. The predicted molar refractivity (Wildman–Crippen MR) is 160 cm³/mol. The molecule has 0 fully saturated rings. The van der Waals surface area contributed by atoms with E-state index in [4.69, 9.17) is 0 Å². The third kappa shape index (κ3) is 2.72. The summed E-state index contributed by atoms with van der Waals surface area (Å²) in [6.07, 6.45) is 0. The Morgan fingerprint density at radius 1 is 0.289 bits per heavy atom. The summed E-state index contributed by atoms with van der Waals surface area (Å²) in [7, 11) is 0. The van der Waals surface area contributed by atoms with Gasteiger partial charge in [-0.3, -0.25) is 0 Å². The van der Waals surface area contributed by atoms with Crippen LogP contribution in [0.2, 0.25) is 0 Å². The fraction of sp³-hybridized carbons (Fsp3) is 0. The van der Waals surface area contributed by atoms with Crippen molar-refractivity contribution in [2.75, 3.05) is 0 Å². The summed E-state index contributed by atoms with van der Waals surface area (Å²) in [4.78, 5) is 0. The topological polar surface area (TPSA) is 40.5 Å². The maximum Gasteiger partial charge on any atom is 0.132 e. The molecule has 0 unspecified atom stereocenters. The highest BCUT2D eigenvalue weighted by Gasteiger charge is 2.24. The molecule has 0 radical (unpaired) electrons. The van der Waals surface area contributed by atoms with Crippen LogP contribution in [0.15, 0.2) is 121 Å². The number of hydrogen-bond donors (Lipinski definition) is 2. The second kappa shape index (κ2) is 7.71. The molecule has 2 nitrogen and oxygen atoms in total. The molecule has 0 atom stereocenters. The van der Waals surface area contributed by atoms with Crippen molar-refractivity contribution in [3.63, 3.8) is 0 Å². The fourth-order valence-electron chi connectivity index (χ4n) is 6.39. The summed E-state index contributed by atoms with van der Waals surface area (Å²) < 4.78 is 0. The summed E-state index contributed by atoms with van der Waals surface area (Å²) in [5.74, 6) is 0.381. The molecule has 38 heavy (non-hydrogen) atoms. The summed E-state index contributed by atoms with van der Waals surface area (Å²) >= 11 is 0. The highest BCUT2D eigenvalue weighted by Crippen LogP contribution is 2.53. The third-order valence-electron chi connectivity index (χ3n) is 8.03. The van der Waals surface area contributed by atoms with Gasteiger partial charge in [0.1, 0.15) is 11.5 Å². The SMILES string of the molecule is Oc1c(-c2c(O)c3c4ccccc4ccc3c3ccccc23)c2ccccc2c2ccc3ccccc3c12. The van der Waals surface area contributed by atoms with Gasteiger partial charge in [-0.1, -0.05) is 121 Å². The van der Waals surface area contributed by atoms with E-state index in [1.54, 1.807) is 0 Å². The highest BCUT2D eigenvalue weighted by molar-refractivity contribution is 6.30. The first kappa shape index (κ1) is 21.0. The van der Waals surface area contributed by atoms with E-state index in [0.717, 1.165) is 64.6 Å². The van der Waals surface area contributed by atoms with E-state index in [2.05, 4.69) is 60.7 Å². The highest BCUT2D eigenvalue weighted by atomic mass is 16.3. The summed E-state index contributed by atoms with van der Waals surface area (Å²) in [6, 6.07) is 41.0. The van der Waals surface area contributed by atoms with Crippen LogP contribution < -0.4 is 0 Å². The van der Waals surface area contributed by atoms with Gasteiger partial charge >= 0.3 is 0 Å². The van der Waals surface area contributed by atoms with E-state index in [1.807, 2.05) is 60.7 Å². The molecule has 8 rings (SSSR count). The lowest BCUT2D eigenvalue weighted by molar-refractivity contribution is 0.477. The van der Waals surface area contributed by atoms with Gasteiger partial charge in [-0.05, 0) is 53.9 Å². The van der Waals surface area contributed by atoms with Gasteiger partial charge < -0.3 is 10.2 Å². The number of phenolic OH excluding ortho intramolecular Hbond substituents is 2.